The number of benzene rings is 2. The maximum absolute atomic E-state index is 12.7. The van der Waals surface area contributed by atoms with Crippen molar-refractivity contribution in [3.63, 3.8) is 0 Å². The third-order valence-electron chi connectivity index (χ3n) is 4.94. The number of ether oxygens (including phenoxy) is 3. The van der Waals surface area contributed by atoms with E-state index in [1.807, 2.05) is 18.2 Å². The van der Waals surface area contributed by atoms with Gasteiger partial charge in [0.05, 0.1) is 31.0 Å². The van der Waals surface area contributed by atoms with Gasteiger partial charge in [-0.3, -0.25) is 10.1 Å². The lowest BCUT2D eigenvalue weighted by Crippen LogP contribution is -2.13. The summed E-state index contributed by atoms with van der Waals surface area (Å²) in [6, 6.07) is 12.8. The number of rotatable bonds is 11. The fraction of sp³-hybridized carbons (Fsp3) is 0.320. The third kappa shape index (κ3) is 6.46. The van der Waals surface area contributed by atoms with Gasteiger partial charge in [0, 0.05) is 0 Å². The average molecular weight is 466 g/mol. The van der Waals surface area contributed by atoms with Crippen LogP contribution >= 0.6 is 11.3 Å². The molecule has 0 saturated carbocycles. The van der Waals surface area contributed by atoms with Crippen LogP contribution in [0.15, 0.2) is 42.0 Å². The standard InChI is InChI=1S/C25H27N3O4S/c1-4-5-6-7-12-32-21-11-8-17(14-22(21)31-3)13-18(16-26)24(29)28-25-27-20-10-9-19(30-2)15-23(20)33-25/h8-11,13-15H,4-7,12H2,1-3H3,(H,27,28,29). The van der Waals surface area contributed by atoms with Crippen molar-refractivity contribution in [3.05, 3.63) is 47.5 Å². The number of amides is 1. The Kier molecular flexibility index (Phi) is 8.67. The predicted octanol–water partition coefficient (Wildman–Crippen LogP) is 5.82. The highest BCUT2D eigenvalue weighted by molar-refractivity contribution is 7.22. The highest BCUT2D eigenvalue weighted by Gasteiger charge is 2.14. The number of unbranched alkanes of at least 4 members (excludes halogenated alkanes) is 3. The van der Waals surface area contributed by atoms with Gasteiger partial charge in [-0.15, -0.1) is 0 Å². The minimum absolute atomic E-state index is 0.0397. The van der Waals surface area contributed by atoms with E-state index in [-0.39, 0.29) is 5.57 Å². The highest BCUT2D eigenvalue weighted by atomic mass is 32.1. The van der Waals surface area contributed by atoms with Crippen molar-refractivity contribution in [2.75, 3.05) is 26.1 Å². The molecule has 7 nitrogen and oxygen atoms in total. The molecule has 33 heavy (non-hydrogen) atoms. The number of carbonyl (C=O) groups excluding carboxylic acids is 1. The molecule has 3 aromatic rings. The van der Waals surface area contributed by atoms with Gasteiger partial charge < -0.3 is 14.2 Å². The predicted molar refractivity (Wildman–Crippen MR) is 131 cm³/mol. The van der Waals surface area contributed by atoms with Gasteiger partial charge in [0.25, 0.3) is 5.91 Å². The maximum Gasteiger partial charge on any atom is 0.268 e. The summed E-state index contributed by atoms with van der Waals surface area (Å²) in [6.45, 7) is 2.79. The zero-order valence-corrected chi connectivity index (χ0v) is 19.8. The molecule has 1 amide bonds. The molecule has 3 rings (SSSR count). The van der Waals surface area contributed by atoms with Gasteiger partial charge in [-0.05, 0) is 48.4 Å². The van der Waals surface area contributed by atoms with Gasteiger partial charge >= 0.3 is 0 Å². The van der Waals surface area contributed by atoms with E-state index in [1.165, 1.54) is 30.3 Å². The van der Waals surface area contributed by atoms with Crippen molar-refractivity contribution < 1.29 is 19.0 Å². The molecule has 0 bridgehead atoms. The Bertz CT molecular complexity index is 1180. The van der Waals surface area contributed by atoms with Crippen LogP contribution in [0.1, 0.15) is 38.2 Å². The minimum Gasteiger partial charge on any atom is -0.497 e. The smallest absolute Gasteiger partial charge is 0.268 e. The molecule has 8 heteroatoms. The maximum atomic E-state index is 12.7. The number of fused-ring (bicyclic) bond motifs is 1. The third-order valence-corrected chi connectivity index (χ3v) is 5.87. The zero-order chi connectivity index (χ0) is 23.6. The summed E-state index contributed by atoms with van der Waals surface area (Å²) in [4.78, 5) is 17.1. The van der Waals surface area contributed by atoms with E-state index >= 15 is 0 Å². The second-order valence-electron chi connectivity index (χ2n) is 7.30. The molecule has 0 spiro atoms. The number of nitrogens with one attached hydrogen (secondary N) is 1. The van der Waals surface area contributed by atoms with Crippen LogP contribution < -0.4 is 19.5 Å². The Morgan fingerprint density at radius 3 is 2.70 bits per heavy atom. The first kappa shape index (κ1) is 24.1. The number of hydrogen-bond donors (Lipinski definition) is 1. The number of thiazole rings is 1. The number of nitriles is 1. The molecule has 0 fully saturated rings. The summed E-state index contributed by atoms with van der Waals surface area (Å²) in [7, 11) is 3.16. The fourth-order valence-corrected chi connectivity index (χ4v) is 4.06. The molecule has 0 atom stereocenters. The van der Waals surface area contributed by atoms with E-state index in [4.69, 9.17) is 14.2 Å². The molecule has 0 aliphatic carbocycles. The fourth-order valence-electron chi connectivity index (χ4n) is 3.17. The zero-order valence-electron chi connectivity index (χ0n) is 19.0. The van der Waals surface area contributed by atoms with Crippen LogP contribution in [0, 0.1) is 11.3 Å². The van der Waals surface area contributed by atoms with Crippen LogP contribution in [0.2, 0.25) is 0 Å². The summed E-state index contributed by atoms with van der Waals surface area (Å²) in [6.07, 6.45) is 5.99. The minimum atomic E-state index is -0.529. The molecule has 0 unspecified atom stereocenters. The van der Waals surface area contributed by atoms with Gasteiger partial charge in [-0.1, -0.05) is 43.6 Å². The monoisotopic (exact) mass is 465 g/mol. The summed E-state index contributed by atoms with van der Waals surface area (Å²) in [5.74, 6) is 1.37. The van der Waals surface area contributed by atoms with Crippen molar-refractivity contribution in [2.24, 2.45) is 0 Å². The van der Waals surface area contributed by atoms with Crippen LogP contribution in [-0.2, 0) is 4.79 Å². The Balaban J connectivity index is 1.71. The Morgan fingerprint density at radius 1 is 1.12 bits per heavy atom. The van der Waals surface area contributed by atoms with E-state index < -0.39 is 5.91 Å². The van der Waals surface area contributed by atoms with E-state index in [0.717, 1.165) is 23.1 Å². The van der Waals surface area contributed by atoms with Crippen molar-refractivity contribution >= 4 is 38.7 Å². The van der Waals surface area contributed by atoms with Gasteiger partial charge in [-0.25, -0.2) is 4.98 Å². The van der Waals surface area contributed by atoms with E-state index in [2.05, 4.69) is 17.2 Å². The number of hydrogen-bond acceptors (Lipinski definition) is 7. The van der Waals surface area contributed by atoms with Crippen LogP contribution in [0.4, 0.5) is 5.13 Å². The van der Waals surface area contributed by atoms with Crippen LogP contribution in [0.5, 0.6) is 17.2 Å². The average Bonchev–Trinajstić information content (AvgIpc) is 3.23. The van der Waals surface area contributed by atoms with Gasteiger partial charge in [0.15, 0.2) is 16.6 Å². The lowest BCUT2D eigenvalue weighted by Gasteiger charge is -2.11. The number of nitrogens with zero attached hydrogens (tertiary/aromatic N) is 2. The number of methoxy groups -OCH3 is 2. The van der Waals surface area contributed by atoms with Crippen molar-refractivity contribution in [1.29, 1.82) is 5.26 Å². The molecule has 0 aliphatic rings. The summed E-state index contributed by atoms with van der Waals surface area (Å²) >= 11 is 1.31. The number of aromatic nitrogens is 1. The van der Waals surface area contributed by atoms with Crippen LogP contribution in [-0.4, -0.2) is 31.7 Å². The van der Waals surface area contributed by atoms with Gasteiger partial charge in [0.1, 0.15) is 17.4 Å². The number of anilines is 1. The first-order valence-electron chi connectivity index (χ1n) is 10.8. The molecule has 172 valence electrons. The summed E-state index contributed by atoms with van der Waals surface area (Å²) in [5, 5.41) is 12.7. The molecular weight excluding hydrogens is 438 g/mol. The van der Waals surface area contributed by atoms with Crippen molar-refractivity contribution in [3.8, 4) is 23.3 Å². The molecule has 0 aliphatic heterocycles. The van der Waals surface area contributed by atoms with Crippen molar-refractivity contribution in [2.45, 2.75) is 32.6 Å². The lowest BCUT2D eigenvalue weighted by molar-refractivity contribution is -0.112. The Labute approximate surface area is 197 Å². The Morgan fingerprint density at radius 2 is 1.97 bits per heavy atom. The summed E-state index contributed by atoms with van der Waals surface area (Å²) in [5.41, 5.74) is 1.36. The van der Waals surface area contributed by atoms with Gasteiger partial charge in [-0.2, -0.15) is 5.26 Å². The van der Waals surface area contributed by atoms with Crippen molar-refractivity contribution in [1.82, 2.24) is 4.98 Å². The van der Waals surface area contributed by atoms with Gasteiger partial charge in [0.2, 0.25) is 0 Å². The molecular formula is C25H27N3O4S. The molecule has 0 saturated heterocycles. The summed E-state index contributed by atoms with van der Waals surface area (Å²) < 4.78 is 17.4. The van der Waals surface area contributed by atoms with E-state index in [0.29, 0.717) is 34.6 Å². The molecule has 0 radical (unpaired) electrons. The lowest BCUT2D eigenvalue weighted by atomic mass is 10.1. The van der Waals surface area contributed by atoms with Crippen LogP contribution in [0.3, 0.4) is 0 Å². The highest BCUT2D eigenvalue weighted by Crippen LogP contribution is 2.31. The quantitative estimate of drug-likeness (QED) is 0.218. The largest absolute Gasteiger partial charge is 0.497 e. The molecule has 1 aromatic heterocycles. The Hall–Kier alpha value is -3.57. The van der Waals surface area contributed by atoms with E-state index in [9.17, 15) is 10.1 Å². The molecule has 2 aromatic carbocycles. The SMILES string of the molecule is CCCCCCOc1ccc(C=C(C#N)C(=O)Nc2nc3ccc(OC)cc3s2)cc1OC. The van der Waals surface area contributed by atoms with Crippen LogP contribution in [0.25, 0.3) is 16.3 Å². The first-order valence-corrected chi connectivity index (χ1v) is 11.6. The topological polar surface area (TPSA) is 93.5 Å². The normalized spacial score (nSPS) is 11.2. The molecule has 1 N–H and O–H groups in total. The first-order chi connectivity index (χ1) is 16.1. The molecule has 1 heterocycles. The number of carbonyl (C=O) groups is 1. The second-order valence-corrected chi connectivity index (χ2v) is 8.33. The second kappa shape index (κ2) is 11.9. The van der Waals surface area contributed by atoms with E-state index in [1.54, 1.807) is 38.5 Å².